The normalized spacial score (nSPS) is 11.5. The Bertz CT molecular complexity index is 1740. The predicted octanol–water partition coefficient (Wildman–Crippen LogP) is 6.09. The molecule has 6 rings (SSSR count). The van der Waals surface area contributed by atoms with Crippen LogP contribution in [0.15, 0.2) is 90.0 Å². The SMILES string of the molecule is Cc1ccc(-c2cc(-c3ccc(Cl)cc3)c3c(ncn4c(=O)c5ccccc5nc34)n2)cc1. The van der Waals surface area contributed by atoms with E-state index < -0.39 is 0 Å². The van der Waals surface area contributed by atoms with Gasteiger partial charge in [0.25, 0.3) is 5.56 Å². The Kier molecular flexibility index (Phi) is 4.45. The fourth-order valence-corrected chi connectivity index (χ4v) is 4.24. The van der Waals surface area contributed by atoms with Crippen molar-refractivity contribution < 1.29 is 0 Å². The minimum Gasteiger partial charge on any atom is -0.268 e. The van der Waals surface area contributed by atoms with Crippen LogP contribution >= 0.6 is 11.6 Å². The van der Waals surface area contributed by atoms with Gasteiger partial charge in [-0.3, -0.25) is 4.79 Å². The van der Waals surface area contributed by atoms with Gasteiger partial charge in [-0.05, 0) is 48.4 Å². The summed E-state index contributed by atoms with van der Waals surface area (Å²) in [5.41, 5.74) is 6.33. The average molecular weight is 449 g/mol. The van der Waals surface area contributed by atoms with E-state index in [-0.39, 0.29) is 5.56 Å². The van der Waals surface area contributed by atoms with Crippen molar-refractivity contribution in [3.05, 3.63) is 106 Å². The molecule has 0 spiro atoms. The molecule has 0 bridgehead atoms. The highest BCUT2D eigenvalue weighted by Crippen LogP contribution is 2.34. The number of rotatable bonds is 2. The number of nitrogens with zero attached hydrogens (tertiary/aromatic N) is 4. The zero-order valence-corrected chi connectivity index (χ0v) is 18.4. The predicted molar refractivity (Wildman–Crippen MR) is 133 cm³/mol. The van der Waals surface area contributed by atoms with Gasteiger partial charge in [0.2, 0.25) is 0 Å². The highest BCUT2D eigenvalue weighted by Gasteiger charge is 2.16. The third-order valence-electron chi connectivity index (χ3n) is 5.83. The van der Waals surface area contributed by atoms with Gasteiger partial charge >= 0.3 is 0 Å². The Morgan fingerprint density at radius 3 is 2.36 bits per heavy atom. The Hall–Kier alpha value is -4.09. The zero-order chi connectivity index (χ0) is 22.5. The first-order valence-corrected chi connectivity index (χ1v) is 10.9. The molecule has 6 aromatic rings. The minimum absolute atomic E-state index is 0.158. The lowest BCUT2D eigenvalue weighted by Crippen LogP contribution is -2.16. The van der Waals surface area contributed by atoms with Crippen molar-refractivity contribution in [1.29, 1.82) is 0 Å². The molecule has 0 fully saturated rings. The molecule has 0 saturated heterocycles. The smallest absolute Gasteiger partial charge is 0.266 e. The van der Waals surface area contributed by atoms with Crippen molar-refractivity contribution in [2.45, 2.75) is 6.92 Å². The molecule has 6 heteroatoms. The second kappa shape index (κ2) is 7.50. The topological polar surface area (TPSA) is 60.2 Å². The number of pyridine rings is 1. The first kappa shape index (κ1) is 19.6. The molecule has 3 aromatic heterocycles. The number of fused-ring (bicyclic) bond motifs is 4. The maximum absolute atomic E-state index is 13.2. The van der Waals surface area contributed by atoms with Gasteiger partial charge in [0, 0.05) is 10.6 Å². The molecule has 0 aliphatic rings. The van der Waals surface area contributed by atoms with Gasteiger partial charge in [0.1, 0.15) is 6.33 Å². The van der Waals surface area contributed by atoms with Crippen molar-refractivity contribution in [3.8, 4) is 22.4 Å². The van der Waals surface area contributed by atoms with E-state index in [9.17, 15) is 4.79 Å². The van der Waals surface area contributed by atoms with E-state index >= 15 is 0 Å². The summed E-state index contributed by atoms with van der Waals surface area (Å²) in [6, 6.07) is 25.2. The summed E-state index contributed by atoms with van der Waals surface area (Å²) < 4.78 is 1.50. The first-order valence-electron chi connectivity index (χ1n) is 10.5. The molecule has 3 heterocycles. The number of hydrogen-bond donors (Lipinski definition) is 0. The Balaban J connectivity index is 1.76. The first-order chi connectivity index (χ1) is 16.1. The molecule has 0 amide bonds. The molecule has 0 saturated carbocycles. The van der Waals surface area contributed by atoms with E-state index in [1.54, 1.807) is 6.07 Å². The van der Waals surface area contributed by atoms with E-state index in [2.05, 4.69) is 24.0 Å². The molecular formula is C27H17ClN4O. The number of benzene rings is 3. The Morgan fingerprint density at radius 2 is 1.58 bits per heavy atom. The van der Waals surface area contributed by atoms with Gasteiger partial charge in [0.15, 0.2) is 11.3 Å². The summed E-state index contributed by atoms with van der Waals surface area (Å²) in [7, 11) is 0. The van der Waals surface area contributed by atoms with Crippen molar-refractivity contribution in [3.63, 3.8) is 0 Å². The third kappa shape index (κ3) is 3.25. The molecule has 0 aliphatic carbocycles. The van der Waals surface area contributed by atoms with Crippen LogP contribution in [0.4, 0.5) is 0 Å². The number of hydrogen-bond acceptors (Lipinski definition) is 4. The lowest BCUT2D eigenvalue weighted by molar-refractivity contribution is 1.03. The minimum atomic E-state index is -0.158. The standard InChI is InChI=1S/C27H17ClN4O/c1-16-6-8-18(9-7-16)23-14-21(17-10-12-19(28)13-11-17)24-25(30-23)29-15-32-26(24)31-22-5-3-2-4-20(22)27(32)33/h2-15H,1H3. The maximum atomic E-state index is 13.2. The van der Waals surface area contributed by atoms with Crippen LogP contribution in [0, 0.1) is 6.92 Å². The third-order valence-corrected chi connectivity index (χ3v) is 6.08. The largest absolute Gasteiger partial charge is 0.268 e. The maximum Gasteiger partial charge on any atom is 0.266 e. The van der Waals surface area contributed by atoms with Gasteiger partial charge in [0.05, 0.1) is 22.0 Å². The molecule has 0 atom stereocenters. The van der Waals surface area contributed by atoms with Gasteiger partial charge in [-0.2, -0.15) is 0 Å². The number of halogens is 1. The highest BCUT2D eigenvalue weighted by atomic mass is 35.5. The van der Waals surface area contributed by atoms with Crippen LogP contribution in [-0.2, 0) is 0 Å². The van der Waals surface area contributed by atoms with Crippen LogP contribution in [0.5, 0.6) is 0 Å². The van der Waals surface area contributed by atoms with Crippen LogP contribution in [0.25, 0.3) is 50.0 Å². The quantitative estimate of drug-likeness (QED) is 0.237. The highest BCUT2D eigenvalue weighted by molar-refractivity contribution is 6.30. The lowest BCUT2D eigenvalue weighted by Gasteiger charge is -2.13. The zero-order valence-electron chi connectivity index (χ0n) is 17.7. The van der Waals surface area contributed by atoms with Crippen LogP contribution in [0.1, 0.15) is 5.56 Å². The summed E-state index contributed by atoms with van der Waals surface area (Å²) in [6.45, 7) is 2.05. The van der Waals surface area contributed by atoms with E-state index in [0.717, 1.165) is 27.8 Å². The van der Waals surface area contributed by atoms with Crippen LogP contribution in [0.2, 0.25) is 5.02 Å². The van der Waals surface area contributed by atoms with Crippen molar-refractivity contribution >= 4 is 39.2 Å². The number of para-hydroxylation sites is 1. The molecular weight excluding hydrogens is 432 g/mol. The molecule has 0 unspecified atom stereocenters. The van der Waals surface area contributed by atoms with E-state index in [0.29, 0.717) is 27.2 Å². The van der Waals surface area contributed by atoms with E-state index in [1.165, 1.54) is 16.3 Å². The van der Waals surface area contributed by atoms with Crippen LogP contribution in [0.3, 0.4) is 0 Å². The Labute approximate surface area is 194 Å². The average Bonchev–Trinajstić information content (AvgIpc) is 2.84. The summed E-state index contributed by atoms with van der Waals surface area (Å²) in [6.07, 6.45) is 1.51. The van der Waals surface area contributed by atoms with E-state index in [1.807, 2.05) is 60.7 Å². The number of aromatic nitrogens is 4. The fourth-order valence-electron chi connectivity index (χ4n) is 4.12. The Morgan fingerprint density at radius 1 is 0.848 bits per heavy atom. The van der Waals surface area contributed by atoms with Crippen molar-refractivity contribution in [2.24, 2.45) is 0 Å². The second-order valence-corrected chi connectivity index (χ2v) is 8.44. The van der Waals surface area contributed by atoms with Gasteiger partial charge in [-0.25, -0.2) is 19.4 Å². The summed E-state index contributed by atoms with van der Waals surface area (Å²) in [5.74, 6) is 0. The van der Waals surface area contributed by atoms with Gasteiger partial charge in [-0.1, -0.05) is 65.7 Å². The second-order valence-electron chi connectivity index (χ2n) is 8.00. The monoisotopic (exact) mass is 448 g/mol. The molecule has 33 heavy (non-hydrogen) atoms. The summed E-state index contributed by atoms with van der Waals surface area (Å²) in [4.78, 5) is 27.4. The molecule has 5 nitrogen and oxygen atoms in total. The van der Waals surface area contributed by atoms with Crippen LogP contribution < -0.4 is 5.56 Å². The molecule has 158 valence electrons. The number of aryl methyl sites for hydroxylation is 1. The molecule has 0 aliphatic heterocycles. The van der Waals surface area contributed by atoms with Gasteiger partial charge in [-0.15, -0.1) is 0 Å². The summed E-state index contributed by atoms with van der Waals surface area (Å²) >= 11 is 6.16. The fraction of sp³-hybridized carbons (Fsp3) is 0.0370. The lowest BCUT2D eigenvalue weighted by atomic mass is 9.99. The van der Waals surface area contributed by atoms with Crippen LogP contribution in [-0.4, -0.2) is 19.4 Å². The van der Waals surface area contributed by atoms with E-state index in [4.69, 9.17) is 21.6 Å². The molecule has 0 N–H and O–H groups in total. The van der Waals surface area contributed by atoms with Crippen molar-refractivity contribution in [2.75, 3.05) is 0 Å². The molecule has 0 radical (unpaired) electrons. The van der Waals surface area contributed by atoms with Crippen molar-refractivity contribution in [1.82, 2.24) is 19.4 Å². The summed E-state index contributed by atoms with van der Waals surface area (Å²) in [5, 5.41) is 1.92. The molecule has 3 aromatic carbocycles. The van der Waals surface area contributed by atoms with Gasteiger partial charge < -0.3 is 0 Å².